The Morgan fingerprint density at radius 3 is 2.61 bits per heavy atom. The number of hydrogen-bond donors (Lipinski definition) is 0. The van der Waals surface area contributed by atoms with Crippen molar-refractivity contribution in [3.8, 4) is 0 Å². The summed E-state index contributed by atoms with van der Waals surface area (Å²) in [6, 6.07) is 10.3. The van der Waals surface area contributed by atoms with Gasteiger partial charge in [0.05, 0.1) is 25.8 Å². The molecule has 0 saturated heterocycles. The van der Waals surface area contributed by atoms with Crippen LogP contribution in [0.5, 0.6) is 0 Å². The number of aromatic nitrogens is 1. The molecule has 0 N–H and O–H groups in total. The molecule has 0 atom stereocenters. The first-order valence-electron chi connectivity index (χ1n) is 8.46. The minimum atomic E-state index is -3.43. The Morgan fingerprint density at radius 1 is 1.21 bits per heavy atom. The normalized spacial score (nSPS) is 12.4. The van der Waals surface area contributed by atoms with Crippen molar-refractivity contribution in [2.45, 2.75) is 25.3 Å². The van der Waals surface area contributed by atoms with E-state index < -0.39 is 20.7 Å². The van der Waals surface area contributed by atoms with E-state index in [1.54, 1.807) is 10.6 Å². The average molecular weight is 419 g/mol. The maximum atomic E-state index is 12.6. The van der Waals surface area contributed by atoms with E-state index in [2.05, 4.69) is 4.99 Å². The first-order valence-corrected chi connectivity index (χ1v) is 10.9. The van der Waals surface area contributed by atoms with Gasteiger partial charge in [0.1, 0.15) is 0 Å². The van der Waals surface area contributed by atoms with Crippen LogP contribution in [-0.2, 0) is 16.4 Å². The van der Waals surface area contributed by atoms with Gasteiger partial charge in [0.2, 0.25) is 0 Å². The number of sulfone groups is 1. The summed E-state index contributed by atoms with van der Waals surface area (Å²) in [5.74, 6) is -0.636. The average Bonchev–Trinajstić information content (AvgIpc) is 3.03. The van der Waals surface area contributed by atoms with Crippen LogP contribution in [0.4, 0.5) is 5.69 Å². The van der Waals surface area contributed by atoms with E-state index in [0.29, 0.717) is 16.0 Å². The topological polar surface area (TPSA) is 112 Å². The molecule has 28 heavy (non-hydrogen) atoms. The number of aryl methyl sites for hydroxylation is 1. The minimum absolute atomic E-state index is 0.0349. The molecule has 0 unspecified atom stereocenters. The lowest BCUT2D eigenvalue weighted by molar-refractivity contribution is -0.384. The van der Waals surface area contributed by atoms with Gasteiger partial charge in [-0.3, -0.25) is 14.9 Å². The second-order valence-corrected chi connectivity index (χ2v) is 9.17. The van der Waals surface area contributed by atoms with Crippen LogP contribution in [0.25, 0.3) is 10.2 Å². The molecule has 3 aromatic rings. The highest BCUT2D eigenvalue weighted by molar-refractivity contribution is 7.91. The molecule has 0 aliphatic carbocycles. The van der Waals surface area contributed by atoms with Crippen molar-refractivity contribution in [3.05, 3.63) is 62.9 Å². The van der Waals surface area contributed by atoms with E-state index in [9.17, 15) is 23.3 Å². The second-order valence-electron chi connectivity index (χ2n) is 5.89. The predicted molar refractivity (Wildman–Crippen MR) is 106 cm³/mol. The van der Waals surface area contributed by atoms with Crippen molar-refractivity contribution >= 4 is 43.0 Å². The fraction of sp³-hybridized carbons (Fsp3) is 0.222. The van der Waals surface area contributed by atoms with Crippen LogP contribution in [0.1, 0.15) is 24.2 Å². The number of nitro groups is 1. The number of amides is 1. The fourth-order valence-electron chi connectivity index (χ4n) is 2.71. The lowest BCUT2D eigenvalue weighted by atomic mass is 10.2. The van der Waals surface area contributed by atoms with Gasteiger partial charge < -0.3 is 4.57 Å². The van der Waals surface area contributed by atoms with E-state index in [0.717, 1.165) is 5.52 Å². The Balaban J connectivity index is 2.10. The summed E-state index contributed by atoms with van der Waals surface area (Å²) >= 11 is 1.17. The van der Waals surface area contributed by atoms with E-state index in [-0.39, 0.29) is 21.9 Å². The van der Waals surface area contributed by atoms with Crippen LogP contribution < -0.4 is 4.80 Å². The van der Waals surface area contributed by atoms with Gasteiger partial charge in [-0.2, -0.15) is 4.99 Å². The number of carbonyl (C=O) groups is 1. The highest BCUT2D eigenvalue weighted by Gasteiger charge is 2.15. The molecule has 0 spiro atoms. The molecule has 1 aromatic heterocycles. The van der Waals surface area contributed by atoms with E-state index in [4.69, 9.17) is 0 Å². The van der Waals surface area contributed by atoms with Gasteiger partial charge in [0, 0.05) is 24.2 Å². The molecule has 1 heterocycles. The van der Waals surface area contributed by atoms with E-state index in [1.165, 1.54) is 54.7 Å². The molecule has 3 rings (SSSR count). The molecular formula is C18H17N3O5S2. The molecule has 10 heteroatoms. The van der Waals surface area contributed by atoms with Gasteiger partial charge in [-0.25, -0.2) is 8.42 Å². The highest BCUT2D eigenvalue weighted by atomic mass is 32.2. The number of carbonyl (C=O) groups excluding carboxylic acids is 1. The number of hydrogen-bond acceptors (Lipinski definition) is 6. The lowest BCUT2D eigenvalue weighted by Crippen LogP contribution is -2.16. The van der Waals surface area contributed by atoms with Crippen LogP contribution in [-0.4, -0.2) is 29.6 Å². The molecule has 2 aromatic carbocycles. The minimum Gasteiger partial charge on any atom is -0.317 e. The fourth-order valence-corrected chi connectivity index (χ4v) is 4.76. The van der Waals surface area contributed by atoms with Gasteiger partial charge in [-0.15, -0.1) is 0 Å². The van der Waals surface area contributed by atoms with Gasteiger partial charge in [0.15, 0.2) is 14.6 Å². The molecule has 0 bridgehead atoms. The van der Waals surface area contributed by atoms with Crippen molar-refractivity contribution in [3.63, 3.8) is 0 Å². The number of non-ortho nitro benzene ring substituents is 1. The predicted octanol–water partition coefficient (Wildman–Crippen LogP) is 3.17. The van der Waals surface area contributed by atoms with Gasteiger partial charge in [-0.05, 0) is 31.2 Å². The van der Waals surface area contributed by atoms with Gasteiger partial charge >= 0.3 is 0 Å². The van der Waals surface area contributed by atoms with Crippen molar-refractivity contribution in [2.75, 3.05) is 5.75 Å². The summed E-state index contributed by atoms with van der Waals surface area (Å²) in [5, 5.41) is 11.0. The standard InChI is InChI=1S/C18H17N3O5S2/c1-3-20-15-9-8-13(21(23)24)11-16(15)27-18(20)19-17(22)12-6-5-7-14(10-12)28(25,26)4-2/h5-11H,3-4H2,1-2H3. The molecule has 0 saturated carbocycles. The Morgan fingerprint density at radius 2 is 1.96 bits per heavy atom. The summed E-state index contributed by atoms with van der Waals surface area (Å²) in [7, 11) is -3.43. The molecule has 0 fully saturated rings. The monoisotopic (exact) mass is 419 g/mol. The first kappa shape index (κ1) is 19.9. The van der Waals surface area contributed by atoms with Crippen LogP contribution in [0, 0.1) is 10.1 Å². The number of thiazole rings is 1. The van der Waals surface area contributed by atoms with Gasteiger partial charge in [-0.1, -0.05) is 24.3 Å². The molecule has 8 nitrogen and oxygen atoms in total. The molecular weight excluding hydrogens is 402 g/mol. The molecule has 146 valence electrons. The third-order valence-electron chi connectivity index (χ3n) is 4.21. The highest BCUT2D eigenvalue weighted by Crippen LogP contribution is 2.23. The lowest BCUT2D eigenvalue weighted by Gasteiger charge is -2.03. The van der Waals surface area contributed by atoms with Crippen molar-refractivity contribution in [1.82, 2.24) is 4.57 Å². The van der Waals surface area contributed by atoms with E-state index >= 15 is 0 Å². The number of nitrogens with zero attached hydrogens (tertiary/aromatic N) is 3. The maximum Gasteiger partial charge on any atom is 0.279 e. The largest absolute Gasteiger partial charge is 0.317 e. The summed E-state index contributed by atoms with van der Waals surface area (Å²) < 4.78 is 26.5. The third kappa shape index (κ3) is 3.73. The Labute approximate surface area is 164 Å². The summed E-state index contributed by atoms with van der Waals surface area (Å²) in [6.07, 6.45) is 0. The summed E-state index contributed by atoms with van der Waals surface area (Å²) in [6.45, 7) is 3.94. The van der Waals surface area contributed by atoms with E-state index in [1.807, 2.05) is 6.92 Å². The SMILES string of the molecule is CCn1c(=NC(=O)c2cccc(S(=O)(=O)CC)c2)sc2cc([N+](=O)[O-])ccc21. The maximum absolute atomic E-state index is 12.6. The van der Waals surface area contributed by atoms with Crippen molar-refractivity contribution in [1.29, 1.82) is 0 Å². The number of nitro benzene ring substituents is 1. The molecule has 1 amide bonds. The van der Waals surface area contributed by atoms with Gasteiger partial charge in [0.25, 0.3) is 11.6 Å². The Hall–Kier alpha value is -2.85. The Bertz CT molecular complexity index is 1260. The van der Waals surface area contributed by atoms with Crippen molar-refractivity contribution in [2.24, 2.45) is 4.99 Å². The summed E-state index contributed by atoms with van der Waals surface area (Å²) in [4.78, 5) is 27.7. The van der Waals surface area contributed by atoms with Crippen molar-refractivity contribution < 1.29 is 18.1 Å². The molecule has 0 aliphatic heterocycles. The molecule has 0 radical (unpaired) electrons. The smallest absolute Gasteiger partial charge is 0.279 e. The number of fused-ring (bicyclic) bond motifs is 1. The number of rotatable bonds is 5. The van der Waals surface area contributed by atoms with Crippen LogP contribution >= 0.6 is 11.3 Å². The third-order valence-corrected chi connectivity index (χ3v) is 6.98. The zero-order valence-electron chi connectivity index (χ0n) is 15.2. The van der Waals surface area contributed by atoms with Crippen LogP contribution in [0.3, 0.4) is 0 Å². The zero-order chi connectivity index (χ0) is 20.5. The Kier molecular flexibility index (Phi) is 5.43. The zero-order valence-corrected chi connectivity index (χ0v) is 16.8. The summed E-state index contributed by atoms with van der Waals surface area (Å²) in [5.41, 5.74) is 0.875. The van der Waals surface area contributed by atoms with Crippen LogP contribution in [0.2, 0.25) is 0 Å². The second kappa shape index (κ2) is 7.64. The quantitative estimate of drug-likeness (QED) is 0.466. The van der Waals surface area contributed by atoms with Crippen LogP contribution in [0.15, 0.2) is 52.4 Å². The number of benzene rings is 2. The first-order chi connectivity index (χ1) is 13.3. The molecule has 0 aliphatic rings.